The maximum atomic E-state index is 12.7. The maximum Gasteiger partial charge on any atom is 0.231 e. The van der Waals surface area contributed by atoms with Crippen molar-refractivity contribution >= 4 is 35.0 Å². The van der Waals surface area contributed by atoms with Crippen molar-refractivity contribution in [2.24, 2.45) is 5.92 Å². The number of benzene rings is 1. The number of likely N-dealkylation sites (tertiary alicyclic amines) is 1. The fourth-order valence-corrected chi connectivity index (χ4v) is 5.41. The number of aliphatic hydroxyl groups excluding tert-OH is 1. The highest BCUT2D eigenvalue weighted by atomic mass is 16.3. The van der Waals surface area contributed by atoms with Gasteiger partial charge in [-0.15, -0.1) is 0 Å². The zero-order chi connectivity index (χ0) is 27.5. The first-order chi connectivity index (χ1) is 18.8. The smallest absolute Gasteiger partial charge is 0.231 e. The normalized spacial score (nSPS) is 18.2. The lowest BCUT2D eigenvalue weighted by Gasteiger charge is -2.30. The average molecular weight is 535 g/mol. The molecule has 0 bridgehead atoms. The minimum absolute atomic E-state index is 0.00252. The molecule has 2 aliphatic rings. The molecule has 2 saturated heterocycles. The fourth-order valence-electron chi connectivity index (χ4n) is 5.41. The predicted molar refractivity (Wildman–Crippen MR) is 150 cm³/mol. The summed E-state index contributed by atoms with van der Waals surface area (Å²) in [5.74, 6) is 1.45. The molecule has 2 amide bonds. The van der Waals surface area contributed by atoms with E-state index in [-0.39, 0.29) is 36.3 Å². The Morgan fingerprint density at radius 1 is 1.08 bits per heavy atom. The van der Waals surface area contributed by atoms with Crippen LogP contribution in [0.3, 0.4) is 0 Å². The summed E-state index contributed by atoms with van der Waals surface area (Å²) in [5.41, 5.74) is 3.60. The van der Waals surface area contributed by atoms with Crippen molar-refractivity contribution in [1.82, 2.24) is 24.5 Å². The summed E-state index contributed by atoms with van der Waals surface area (Å²) in [6.07, 6.45) is 5.14. The van der Waals surface area contributed by atoms with E-state index in [1.165, 1.54) is 0 Å². The summed E-state index contributed by atoms with van der Waals surface area (Å²) >= 11 is 0. The van der Waals surface area contributed by atoms with Crippen LogP contribution in [0.1, 0.15) is 63.5 Å². The van der Waals surface area contributed by atoms with Gasteiger partial charge in [-0.2, -0.15) is 19.6 Å². The molecular weight excluding hydrogens is 496 g/mol. The molecule has 3 N–H and O–H groups in total. The van der Waals surface area contributed by atoms with Gasteiger partial charge in [0.05, 0.1) is 18.8 Å². The Morgan fingerprint density at radius 3 is 2.49 bits per heavy atom. The summed E-state index contributed by atoms with van der Waals surface area (Å²) in [4.78, 5) is 37.8. The monoisotopic (exact) mass is 534 g/mol. The van der Waals surface area contributed by atoms with Crippen LogP contribution in [0.15, 0.2) is 30.5 Å². The number of aromatic nitrogens is 4. The van der Waals surface area contributed by atoms with Gasteiger partial charge in [-0.3, -0.25) is 9.59 Å². The van der Waals surface area contributed by atoms with Crippen LogP contribution in [0.25, 0.3) is 5.65 Å². The second kappa shape index (κ2) is 11.6. The second-order valence-corrected chi connectivity index (χ2v) is 10.8. The van der Waals surface area contributed by atoms with E-state index < -0.39 is 0 Å². The molecule has 4 heterocycles. The Balaban J connectivity index is 1.26. The number of fused-ring (bicyclic) bond motifs is 1. The van der Waals surface area contributed by atoms with Gasteiger partial charge in [0.2, 0.25) is 23.7 Å². The molecular formula is C28H38N8O3. The number of nitrogens with one attached hydrogen (secondary N) is 2. The number of piperidine rings is 1. The average Bonchev–Trinajstić information content (AvgIpc) is 3.60. The number of amides is 2. The van der Waals surface area contributed by atoms with Crippen molar-refractivity contribution in [3.05, 3.63) is 41.6 Å². The van der Waals surface area contributed by atoms with E-state index in [2.05, 4.69) is 34.5 Å². The van der Waals surface area contributed by atoms with Gasteiger partial charge in [-0.1, -0.05) is 26.0 Å². The van der Waals surface area contributed by atoms with Gasteiger partial charge in [-0.25, -0.2) is 0 Å². The number of carbonyl (C=O) groups is 2. The molecule has 2 aromatic heterocycles. The Morgan fingerprint density at radius 2 is 1.82 bits per heavy atom. The minimum atomic E-state index is -0.0813. The van der Waals surface area contributed by atoms with Gasteiger partial charge < -0.3 is 25.5 Å². The number of hydrogen-bond donors (Lipinski definition) is 3. The number of rotatable bonds is 8. The Bertz CT molecular complexity index is 1310. The first kappa shape index (κ1) is 26.9. The van der Waals surface area contributed by atoms with Gasteiger partial charge in [0.15, 0.2) is 5.65 Å². The van der Waals surface area contributed by atoms with Crippen LogP contribution < -0.4 is 15.5 Å². The van der Waals surface area contributed by atoms with E-state index in [1.54, 1.807) is 16.3 Å². The van der Waals surface area contributed by atoms with Crippen LogP contribution in [-0.4, -0.2) is 73.7 Å². The molecule has 0 radical (unpaired) electrons. The van der Waals surface area contributed by atoms with E-state index in [1.807, 2.05) is 30.5 Å². The third-order valence-electron chi connectivity index (χ3n) is 7.83. The van der Waals surface area contributed by atoms with Crippen LogP contribution in [0.4, 0.5) is 17.6 Å². The maximum absolute atomic E-state index is 12.7. The minimum Gasteiger partial charge on any atom is -0.394 e. The molecule has 0 unspecified atom stereocenters. The van der Waals surface area contributed by atoms with Crippen molar-refractivity contribution in [2.75, 3.05) is 41.8 Å². The van der Waals surface area contributed by atoms with E-state index in [4.69, 9.17) is 9.97 Å². The van der Waals surface area contributed by atoms with Gasteiger partial charge in [-0.05, 0) is 49.3 Å². The Hall–Kier alpha value is -3.73. The van der Waals surface area contributed by atoms with Gasteiger partial charge >= 0.3 is 0 Å². The zero-order valence-electron chi connectivity index (χ0n) is 22.9. The lowest BCUT2D eigenvalue weighted by Crippen LogP contribution is -2.40. The third kappa shape index (κ3) is 5.83. The summed E-state index contributed by atoms with van der Waals surface area (Å²) in [6, 6.07) is 7.79. The van der Waals surface area contributed by atoms with Crippen molar-refractivity contribution in [2.45, 2.75) is 65.0 Å². The molecule has 5 rings (SSSR count). The van der Waals surface area contributed by atoms with Gasteiger partial charge in [0, 0.05) is 50.3 Å². The van der Waals surface area contributed by atoms with Crippen LogP contribution in [0.5, 0.6) is 0 Å². The van der Waals surface area contributed by atoms with Gasteiger partial charge in [0.1, 0.15) is 0 Å². The molecule has 11 heteroatoms. The Labute approximate surface area is 228 Å². The third-order valence-corrected chi connectivity index (χ3v) is 7.83. The second-order valence-electron chi connectivity index (χ2n) is 10.8. The van der Waals surface area contributed by atoms with Crippen LogP contribution in [-0.2, 0) is 16.1 Å². The zero-order valence-corrected chi connectivity index (χ0v) is 22.9. The number of hydrogen-bond acceptors (Lipinski definition) is 8. The lowest BCUT2D eigenvalue weighted by atomic mass is 9.96. The van der Waals surface area contributed by atoms with Crippen LogP contribution in [0, 0.1) is 5.92 Å². The van der Waals surface area contributed by atoms with E-state index in [0.29, 0.717) is 44.4 Å². The summed E-state index contributed by atoms with van der Waals surface area (Å²) in [5, 5.41) is 20.8. The van der Waals surface area contributed by atoms with Crippen molar-refractivity contribution < 1.29 is 14.7 Å². The molecule has 0 spiro atoms. The summed E-state index contributed by atoms with van der Waals surface area (Å²) < 4.78 is 1.74. The van der Waals surface area contributed by atoms with Crippen molar-refractivity contribution in [3.8, 4) is 0 Å². The first-order valence-electron chi connectivity index (χ1n) is 13.9. The highest BCUT2D eigenvalue weighted by molar-refractivity contribution is 5.92. The van der Waals surface area contributed by atoms with Crippen molar-refractivity contribution in [1.29, 1.82) is 0 Å². The number of nitrogens with zero attached hydrogens (tertiary/aromatic N) is 6. The predicted octanol–water partition coefficient (Wildman–Crippen LogP) is 3.02. The van der Waals surface area contributed by atoms with Crippen molar-refractivity contribution in [3.63, 3.8) is 0 Å². The molecule has 0 aliphatic carbocycles. The molecule has 2 fully saturated rings. The first-order valence-corrected chi connectivity index (χ1v) is 13.9. The van der Waals surface area contributed by atoms with E-state index in [0.717, 1.165) is 41.8 Å². The highest BCUT2D eigenvalue weighted by Gasteiger charge is 2.28. The topological polar surface area (TPSA) is 128 Å². The standard InChI is InChI=1S/C28H38N8O3/c1-18(2)24-16-30-36-25(24)32-28(35-12-4-5-23(35)17-37)33-27(36)29-15-20-6-8-22(9-7-20)31-26(39)21-10-13-34(14-11-21)19(3)38/h6-9,16,18,21,23,37H,4-5,10-15,17H2,1-3H3,(H,31,39)(H,29,32,33)/t23-/m1/s1. The van der Waals surface area contributed by atoms with Crippen LogP contribution in [0.2, 0.25) is 0 Å². The molecule has 1 atom stereocenters. The molecule has 2 aliphatic heterocycles. The van der Waals surface area contributed by atoms with E-state index >= 15 is 0 Å². The Kier molecular flexibility index (Phi) is 7.97. The SMILES string of the molecule is CC(=O)N1CCC(C(=O)Nc2ccc(CNc3nc(N4CCC[C@@H]4CO)nc4c(C(C)C)cnn34)cc2)CC1. The number of anilines is 3. The molecule has 39 heavy (non-hydrogen) atoms. The molecule has 208 valence electrons. The largest absolute Gasteiger partial charge is 0.394 e. The number of carbonyl (C=O) groups excluding carboxylic acids is 2. The summed E-state index contributed by atoms with van der Waals surface area (Å²) in [7, 11) is 0. The van der Waals surface area contributed by atoms with E-state index in [9.17, 15) is 14.7 Å². The number of aliphatic hydroxyl groups is 1. The quantitative estimate of drug-likeness (QED) is 0.402. The highest BCUT2D eigenvalue weighted by Crippen LogP contribution is 2.27. The lowest BCUT2D eigenvalue weighted by molar-refractivity contribution is -0.132. The molecule has 11 nitrogen and oxygen atoms in total. The summed E-state index contributed by atoms with van der Waals surface area (Å²) in [6.45, 7) is 8.47. The molecule has 3 aromatic rings. The van der Waals surface area contributed by atoms with Crippen LogP contribution >= 0.6 is 0 Å². The molecule has 1 aromatic carbocycles. The van der Waals surface area contributed by atoms with Gasteiger partial charge in [0.25, 0.3) is 0 Å². The molecule has 0 saturated carbocycles. The fraction of sp³-hybridized carbons (Fsp3) is 0.536.